The van der Waals surface area contributed by atoms with Gasteiger partial charge in [-0.1, -0.05) is 11.6 Å². The Morgan fingerprint density at radius 3 is 2.39 bits per heavy atom. The van der Waals surface area contributed by atoms with E-state index in [0.29, 0.717) is 5.69 Å². The molecule has 1 atom stereocenters. The summed E-state index contributed by atoms with van der Waals surface area (Å²) in [6.45, 7) is 0. The first-order valence-electron chi connectivity index (χ1n) is 7.31. The van der Waals surface area contributed by atoms with Gasteiger partial charge < -0.3 is 9.47 Å². The molecule has 1 unspecified atom stereocenters. The van der Waals surface area contributed by atoms with Crippen LogP contribution >= 0.6 is 0 Å². The summed E-state index contributed by atoms with van der Waals surface area (Å²) >= 11 is 0. The molecular formula is C17H17NO5. The van der Waals surface area contributed by atoms with Gasteiger partial charge in [0.2, 0.25) is 0 Å². The molecule has 23 heavy (non-hydrogen) atoms. The molecule has 1 aromatic rings. The van der Waals surface area contributed by atoms with Gasteiger partial charge in [0, 0.05) is 18.0 Å². The van der Waals surface area contributed by atoms with Crippen molar-refractivity contribution in [3.05, 3.63) is 41.7 Å². The van der Waals surface area contributed by atoms with Crippen LogP contribution in [0.3, 0.4) is 0 Å². The number of allylic oxidation sites excluding steroid dienone is 2. The molecule has 3 rings (SSSR count). The smallest absolute Gasteiger partial charge is 0.323 e. The van der Waals surface area contributed by atoms with Crippen LogP contribution in [-0.2, 0) is 29.3 Å². The predicted molar refractivity (Wildman–Crippen MR) is 79.3 cm³/mol. The van der Waals surface area contributed by atoms with Gasteiger partial charge in [-0.05, 0) is 31.1 Å². The molecule has 2 aliphatic carbocycles. The largest absolute Gasteiger partial charge is 0.468 e. The van der Waals surface area contributed by atoms with Crippen molar-refractivity contribution in [1.29, 1.82) is 0 Å². The Morgan fingerprint density at radius 2 is 1.83 bits per heavy atom. The van der Waals surface area contributed by atoms with Gasteiger partial charge in [0.05, 0.1) is 19.9 Å². The number of ketones is 1. The number of pyridine rings is 1. The molecule has 0 N–H and O–H groups in total. The lowest BCUT2D eigenvalue weighted by Gasteiger charge is -2.28. The molecule has 1 heterocycles. The van der Waals surface area contributed by atoms with Crippen molar-refractivity contribution < 1.29 is 23.9 Å². The number of hydrogen-bond acceptors (Lipinski definition) is 6. The van der Waals surface area contributed by atoms with Crippen LogP contribution in [0.2, 0.25) is 0 Å². The molecule has 1 fully saturated rings. The minimum Gasteiger partial charge on any atom is -0.468 e. The van der Waals surface area contributed by atoms with Crippen LogP contribution in [0, 0.1) is 5.41 Å². The van der Waals surface area contributed by atoms with Gasteiger partial charge in [-0.25, -0.2) is 0 Å². The van der Waals surface area contributed by atoms with E-state index in [1.165, 1.54) is 20.3 Å². The number of carbonyl (C=O) groups is 3. The van der Waals surface area contributed by atoms with E-state index in [1.807, 2.05) is 12.1 Å². The van der Waals surface area contributed by atoms with Crippen molar-refractivity contribution in [1.82, 2.24) is 4.98 Å². The second kappa shape index (κ2) is 5.30. The summed E-state index contributed by atoms with van der Waals surface area (Å²) in [4.78, 5) is 41.1. The second-order valence-electron chi connectivity index (χ2n) is 6.03. The fourth-order valence-corrected chi connectivity index (χ4v) is 3.85. The number of aromatic nitrogens is 1. The zero-order valence-electron chi connectivity index (χ0n) is 13.0. The third-order valence-corrected chi connectivity index (χ3v) is 4.83. The highest BCUT2D eigenvalue weighted by Crippen LogP contribution is 2.59. The molecule has 1 aromatic heterocycles. The topological polar surface area (TPSA) is 82.6 Å². The van der Waals surface area contributed by atoms with E-state index in [-0.39, 0.29) is 25.0 Å². The molecule has 0 saturated heterocycles. The van der Waals surface area contributed by atoms with Crippen LogP contribution in [0.15, 0.2) is 36.0 Å². The van der Waals surface area contributed by atoms with Crippen molar-refractivity contribution in [2.24, 2.45) is 5.41 Å². The summed E-state index contributed by atoms with van der Waals surface area (Å²) in [7, 11) is 2.49. The molecular weight excluding hydrogens is 298 g/mol. The van der Waals surface area contributed by atoms with E-state index >= 15 is 0 Å². The SMILES string of the molecule is COC(=O)C1(C(=O)OC)CC2=CC(=O)CC2(c2ccccn2)C1. The first kappa shape index (κ1) is 15.4. The minimum atomic E-state index is -1.42. The number of rotatable bonds is 3. The third-order valence-electron chi connectivity index (χ3n) is 4.83. The minimum absolute atomic E-state index is 0.0195. The molecule has 0 aromatic carbocycles. The number of esters is 2. The van der Waals surface area contributed by atoms with E-state index in [2.05, 4.69) is 4.98 Å². The second-order valence-corrected chi connectivity index (χ2v) is 6.03. The maximum atomic E-state index is 12.4. The van der Waals surface area contributed by atoms with Crippen molar-refractivity contribution >= 4 is 17.7 Å². The van der Waals surface area contributed by atoms with Crippen LogP contribution in [0.25, 0.3) is 0 Å². The molecule has 1 saturated carbocycles. The van der Waals surface area contributed by atoms with Gasteiger partial charge in [0.15, 0.2) is 11.2 Å². The third kappa shape index (κ3) is 2.09. The molecule has 2 aliphatic rings. The number of carbonyl (C=O) groups excluding carboxylic acids is 3. The summed E-state index contributed by atoms with van der Waals surface area (Å²) in [5, 5.41) is 0. The van der Waals surface area contributed by atoms with Gasteiger partial charge >= 0.3 is 11.9 Å². The summed E-state index contributed by atoms with van der Waals surface area (Å²) in [5.41, 5.74) is -0.724. The fourth-order valence-electron chi connectivity index (χ4n) is 3.85. The highest BCUT2D eigenvalue weighted by Gasteiger charge is 2.64. The lowest BCUT2D eigenvalue weighted by molar-refractivity contribution is -0.169. The quantitative estimate of drug-likeness (QED) is 0.618. The Labute approximate surface area is 133 Å². The van der Waals surface area contributed by atoms with Gasteiger partial charge in [-0.3, -0.25) is 19.4 Å². The average molecular weight is 315 g/mol. The lowest BCUT2D eigenvalue weighted by Crippen LogP contribution is -2.41. The Bertz CT molecular complexity index is 693. The maximum absolute atomic E-state index is 12.4. The molecule has 120 valence electrons. The maximum Gasteiger partial charge on any atom is 0.323 e. The normalized spacial score (nSPS) is 24.8. The first-order valence-corrected chi connectivity index (χ1v) is 7.31. The zero-order chi connectivity index (χ0) is 16.7. The van der Waals surface area contributed by atoms with E-state index < -0.39 is 22.8 Å². The van der Waals surface area contributed by atoms with Gasteiger partial charge in [-0.15, -0.1) is 0 Å². The van der Waals surface area contributed by atoms with Crippen molar-refractivity contribution in [3.8, 4) is 0 Å². The molecule has 0 amide bonds. The highest BCUT2D eigenvalue weighted by atomic mass is 16.5. The summed E-state index contributed by atoms with van der Waals surface area (Å²) in [6.07, 6.45) is 3.63. The predicted octanol–water partition coefficient (Wildman–Crippen LogP) is 1.34. The molecule has 0 spiro atoms. The average Bonchev–Trinajstić information content (AvgIpc) is 3.05. The Morgan fingerprint density at radius 1 is 1.13 bits per heavy atom. The summed E-state index contributed by atoms with van der Waals surface area (Å²) in [5.74, 6) is -1.29. The highest BCUT2D eigenvalue weighted by molar-refractivity contribution is 6.04. The lowest BCUT2D eigenvalue weighted by atomic mass is 9.75. The van der Waals surface area contributed by atoms with Crippen LogP contribution < -0.4 is 0 Å². The van der Waals surface area contributed by atoms with Crippen molar-refractivity contribution in [2.75, 3.05) is 14.2 Å². The van der Waals surface area contributed by atoms with Gasteiger partial charge in [-0.2, -0.15) is 0 Å². The van der Waals surface area contributed by atoms with Crippen LogP contribution in [-0.4, -0.2) is 36.9 Å². The van der Waals surface area contributed by atoms with Gasteiger partial charge in [0.25, 0.3) is 0 Å². The Balaban J connectivity index is 2.14. The first-order chi connectivity index (χ1) is 11.0. The van der Waals surface area contributed by atoms with Crippen molar-refractivity contribution in [2.45, 2.75) is 24.7 Å². The zero-order valence-corrected chi connectivity index (χ0v) is 13.0. The number of ether oxygens (including phenoxy) is 2. The van der Waals surface area contributed by atoms with E-state index in [4.69, 9.17) is 9.47 Å². The fraction of sp³-hybridized carbons (Fsp3) is 0.412. The van der Waals surface area contributed by atoms with Crippen LogP contribution in [0.1, 0.15) is 25.0 Å². The molecule has 0 radical (unpaired) electrons. The molecule has 0 bridgehead atoms. The molecule has 6 heteroatoms. The molecule has 6 nitrogen and oxygen atoms in total. The van der Waals surface area contributed by atoms with Crippen molar-refractivity contribution in [3.63, 3.8) is 0 Å². The Hall–Kier alpha value is -2.50. The van der Waals surface area contributed by atoms with E-state index in [1.54, 1.807) is 12.3 Å². The Kier molecular flexibility index (Phi) is 3.55. The molecule has 0 aliphatic heterocycles. The van der Waals surface area contributed by atoms with E-state index in [0.717, 1.165) is 5.57 Å². The summed E-state index contributed by atoms with van der Waals surface area (Å²) in [6, 6.07) is 5.42. The number of hydrogen-bond donors (Lipinski definition) is 0. The standard InChI is InChI=1S/C17H17NO5/c1-22-14(20)17(15(21)23-2)8-11-7-12(19)9-16(11,10-17)13-5-3-4-6-18-13/h3-7H,8-10H2,1-2H3. The summed E-state index contributed by atoms with van der Waals surface area (Å²) < 4.78 is 9.72. The monoisotopic (exact) mass is 315 g/mol. The number of fused-ring (bicyclic) bond motifs is 1. The number of nitrogens with zero attached hydrogens (tertiary/aromatic N) is 1. The van der Waals surface area contributed by atoms with E-state index in [9.17, 15) is 14.4 Å². The van der Waals surface area contributed by atoms with Gasteiger partial charge in [0.1, 0.15) is 0 Å². The van der Waals surface area contributed by atoms with Crippen LogP contribution in [0.5, 0.6) is 0 Å². The van der Waals surface area contributed by atoms with Crippen LogP contribution in [0.4, 0.5) is 0 Å². The number of methoxy groups -OCH3 is 2.